The molecule has 1 amide bonds. The van der Waals surface area contributed by atoms with Gasteiger partial charge in [0.15, 0.2) is 0 Å². The summed E-state index contributed by atoms with van der Waals surface area (Å²) in [6.07, 6.45) is 1.96. The molecule has 0 atom stereocenters. The molecule has 0 spiro atoms. The number of amides is 1. The first-order valence-electron chi connectivity index (χ1n) is 8.01. The number of rotatable bonds is 4. The maximum atomic E-state index is 12.0. The fourth-order valence-electron chi connectivity index (χ4n) is 1.94. The van der Waals surface area contributed by atoms with Crippen LogP contribution < -0.4 is 34.3 Å². The molecule has 0 bridgehead atoms. The third-order valence-corrected chi connectivity index (χ3v) is 6.53. The van der Waals surface area contributed by atoms with Crippen LogP contribution in [0.3, 0.4) is 0 Å². The van der Waals surface area contributed by atoms with Crippen molar-refractivity contribution in [2.24, 2.45) is 0 Å². The Balaban J connectivity index is 0.000000385. The van der Waals surface area contributed by atoms with E-state index >= 15 is 0 Å². The summed E-state index contributed by atoms with van der Waals surface area (Å²) in [5.41, 5.74) is -0.00781. The quantitative estimate of drug-likeness (QED) is 0.271. The zero-order valence-corrected chi connectivity index (χ0v) is 23.0. The normalized spacial score (nSPS) is 10.9. The van der Waals surface area contributed by atoms with Crippen molar-refractivity contribution in [3.8, 4) is 0 Å². The number of nitrogens with one attached hydrogen (secondary N) is 1. The monoisotopic (exact) mass is 579 g/mol. The zero-order valence-electron chi connectivity index (χ0n) is 16.4. The standard InChI is InChI=1S/C12H7Cl3N2O3S.C5H4ClNO3S.Na/c13-7-1-3-9(10(14)5-7)12(18)17-21(19,20)8-2-4-11(15)16-6-8;6-5-2-1-4(3-7-5)11(8,9)10;/h1-6H,(H,17,18);1-3H,(H,8,9,10);/q;;+1/p-1. The van der Waals surface area contributed by atoms with E-state index < -0.39 is 26.0 Å². The molecule has 0 radical (unpaired) electrons. The Morgan fingerprint density at radius 3 is 1.76 bits per heavy atom. The van der Waals surface area contributed by atoms with Crippen LogP contribution >= 0.6 is 46.4 Å². The molecule has 33 heavy (non-hydrogen) atoms. The molecule has 0 aliphatic heterocycles. The van der Waals surface area contributed by atoms with Crippen LogP contribution in [0, 0.1) is 0 Å². The van der Waals surface area contributed by atoms with E-state index in [1.54, 1.807) is 0 Å². The van der Waals surface area contributed by atoms with Crippen molar-refractivity contribution < 1.29 is 55.7 Å². The van der Waals surface area contributed by atoms with E-state index in [4.69, 9.17) is 46.4 Å². The van der Waals surface area contributed by atoms with Gasteiger partial charge in [0.25, 0.3) is 15.9 Å². The first kappa shape index (κ1) is 30.0. The van der Waals surface area contributed by atoms with Gasteiger partial charge in [0.1, 0.15) is 25.3 Å². The molecule has 0 saturated heterocycles. The second-order valence-corrected chi connectivity index (χ2v) is 10.3. The van der Waals surface area contributed by atoms with Gasteiger partial charge in [-0.3, -0.25) is 4.79 Å². The molecule has 0 aliphatic rings. The molecule has 0 fully saturated rings. The average Bonchev–Trinajstić information content (AvgIpc) is 2.68. The van der Waals surface area contributed by atoms with Crippen molar-refractivity contribution in [1.82, 2.24) is 14.7 Å². The first-order valence-corrected chi connectivity index (χ1v) is 12.4. The van der Waals surface area contributed by atoms with Crippen LogP contribution in [-0.4, -0.2) is 37.3 Å². The maximum Gasteiger partial charge on any atom is 1.00 e. The summed E-state index contributed by atoms with van der Waals surface area (Å²) in [5.74, 6) is -0.869. The van der Waals surface area contributed by atoms with Crippen LogP contribution in [0.1, 0.15) is 10.4 Å². The van der Waals surface area contributed by atoms with Crippen molar-refractivity contribution in [2.75, 3.05) is 0 Å². The van der Waals surface area contributed by atoms with Crippen molar-refractivity contribution in [2.45, 2.75) is 9.79 Å². The van der Waals surface area contributed by atoms with Crippen molar-refractivity contribution in [3.05, 3.63) is 80.8 Å². The minimum Gasteiger partial charge on any atom is -0.744 e. The Bertz CT molecular complexity index is 1340. The fourth-order valence-corrected chi connectivity index (χ4v) is 3.99. The third kappa shape index (κ3) is 9.29. The average molecular weight is 581 g/mol. The number of carbonyl (C=O) groups excluding carboxylic acids is 1. The Morgan fingerprint density at radius 1 is 0.818 bits per heavy atom. The number of benzene rings is 1. The Hall–Kier alpha value is -0.990. The molecule has 0 unspecified atom stereocenters. The van der Waals surface area contributed by atoms with Gasteiger partial charge in [-0.05, 0) is 42.5 Å². The van der Waals surface area contributed by atoms with E-state index in [1.165, 1.54) is 36.4 Å². The minimum absolute atomic E-state index is 0. The van der Waals surface area contributed by atoms with Gasteiger partial charge >= 0.3 is 29.6 Å². The summed E-state index contributed by atoms with van der Waals surface area (Å²) < 4.78 is 56.9. The molecule has 1 aromatic carbocycles. The number of hydrogen-bond donors (Lipinski definition) is 1. The van der Waals surface area contributed by atoms with Crippen molar-refractivity contribution in [3.63, 3.8) is 0 Å². The molecule has 16 heteroatoms. The number of nitrogens with zero attached hydrogens (tertiary/aromatic N) is 2. The second kappa shape index (κ2) is 12.6. The van der Waals surface area contributed by atoms with E-state index in [9.17, 15) is 26.2 Å². The summed E-state index contributed by atoms with van der Waals surface area (Å²) in [7, 11) is -8.45. The van der Waals surface area contributed by atoms with Gasteiger partial charge in [-0.2, -0.15) is 0 Å². The molecule has 0 aliphatic carbocycles. The summed E-state index contributed by atoms with van der Waals surface area (Å²) in [5, 5.41) is 0.671. The summed E-state index contributed by atoms with van der Waals surface area (Å²) in [6.45, 7) is 0. The number of pyridine rings is 2. The van der Waals surface area contributed by atoms with E-state index in [2.05, 4.69) is 9.97 Å². The summed E-state index contributed by atoms with van der Waals surface area (Å²) in [6, 6.07) is 8.98. The van der Waals surface area contributed by atoms with Gasteiger partial charge < -0.3 is 4.55 Å². The predicted molar refractivity (Wildman–Crippen MR) is 118 cm³/mol. The molecular weight excluding hydrogens is 571 g/mol. The Morgan fingerprint density at radius 2 is 1.33 bits per heavy atom. The van der Waals surface area contributed by atoms with Crippen LogP contribution in [0.15, 0.2) is 64.6 Å². The molecule has 2 heterocycles. The number of carbonyl (C=O) groups is 1. The summed E-state index contributed by atoms with van der Waals surface area (Å²) >= 11 is 22.5. The van der Waals surface area contributed by atoms with Gasteiger partial charge in [-0.25, -0.2) is 31.5 Å². The minimum atomic E-state index is -4.39. The van der Waals surface area contributed by atoms with Crippen LogP contribution in [0.25, 0.3) is 0 Å². The molecule has 1 N–H and O–H groups in total. The molecule has 9 nitrogen and oxygen atoms in total. The number of halogens is 4. The van der Waals surface area contributed by atoms with Crippen LogP contribution in [0.2, 0.25) is 20.4 Å². The fraction of sp³-hybridized carbons (Fsp3) is 0. The SMILES string of the molecule is O=C(NS(=O)(=O)c1ccc(Cl)nc1)c1ccc(Cl)cc1Cl.O=S(=O)([O-])c1ccc(Cl)nc1.[Na+]. The number of sulfonamides is 1. The molecule has 3 rings (SSSR count). The summed E-state index contributed by atoms with van der Waals surface area (Å²) in [4.78, 5) is 18.5. The van der Waals surface area contributed by atoms with E-state index in [0.29, 0.717) is 5.02 Å². The van der Waals surface area contributed by atoms with E-state index in [0.717, 1.165) is 18.5 Å². The van der Waals surface area contributed by atoms with E-state index in [1.807, 2.05) is 4.72 Å². The van der Waals surface area contributed by atoms with Gasteiger partial charge in [0.2, 0.25) is 0 Å². The third-order valence-electron chi connectivity index (χ3n) is 3.40. The first-order chi connectivity index (χ1) is 14.8. The smallest absolute Gasteiger partial charge is 0.744 e. The number of hydrogen-bond acceptors (Lipinski definition) is 8. The predicted octanol–water partition coefficient (Wildman–Crippen LogP) is 0.804. The maximum absolute atomic E-state index is 12.0. The van der Waals surface area contributed by atoms with Gasteiger partial charge in [0, 0.05) is 17.4 Å². The Labute approximate surface area is 231 Å². The van der Waals surface area contributed by atoms with Crippen LogP contribution in [0.4, 0.5) is 0 Å². The second-order valence-electron chi connectivity index (χ2n) is 5.65. The molecule has 3 aromatic rings. The molecule has 2 aromatic heterocycles. The Kier molecular flexibility index (Phi) is 11.5. The van der Waals surface area contributed by atoms with Gasteiger partial charge in [0.05, 0.1) is 15.5 Å². The zero-order chi connectivity index (χ0) is 24.1. The molecule has 170 valence electrons. The molecule has 0 saturated carbocycles. The topological polar surface area (TPSA) is 146 Å². The van der Waals surface area contributed by atoms with Crippen LogP contribution in [0.5, 0.6) is 0 Å². The van der Waals surface area contributed by atoms with Gasteiger partial charge in [-0.1, -0.05) is 46.4 Å². The van der Waals surface area contributed by atoms with E-state index in [-0.39, 0.29) is 60.2 Å². The molecular formula is C17H10Cl4N3NaO6S2. The van der Waals surface area contributed by atoms with Gasteiger partial charge in [-0.15, -0.1) is 0 Å². The number of aromatic nitrogens is 2. The van der Waals surface area contributed by atoms with Crippen LogP contribution in [-0.2, 0) is 20.1 Å². The van der Waals surface area contributed by atoms with Crippen molar-refractivity contribution >= 4 is 72.5 Å². The van der Waals surface area contributed by atoms with Crippen molar-refractivity contribution in [1.29, 1.82) is 0 Å². The largest absolute Gasteiger partial charge is 1.00 e.